The standard InChI is InChI=1S/C68H47N5O/c1-3-4-8-20-45(2)56-40-57(47-23-11-6-12-24-47)42-58(41-56)62-44-61(69-65(70-62)48-25-13-7-14-26-48)52-30-17-28-50(37-52)51-29-19-32-54(39-51)67-71-66(53-31-18-27-49(38-53)46-21-9-5-10-22-46)72-68(73-67)55-35-36-60-59-33-15-16-34-63(59)74-64(60)43-55/h3-44H,1H2,2H3/b8-4-,45-20+. The first-order valence-electron chi connectivity index (χ1n) is 24.7. The van der Waals surface area contributed by atoms with Gasteiger partial charge in [-0.1, -0.05) is 201 Å². The number of nitrogens with zero attached hydrogens (tertiary/aromatic N) is 5. The molecule has 0 saturated heterocycles. The molecule has 6 heteroatoms. The first kappa shape index (κ1) is 45.2. The average molecular weight is 950 g/mol. The summed E-state index contributed by atoms with van der Waals surface area (Å²) in [6.07, 6.45) is 7.86. The molecule has 3 aromatic heterocycles. The van der Waals surface area contributed by atoms with Gasteiger partial charge in [0.25, 0.3) is 0 Å². The molecular formula is C68H47N5O. The zero-order chi connectivity index (χ0) is 49.8. The molecule has 0 saturated carbocycles. The lowest BCUT2D eigenvalue weighted by Crippen LogP contribution is -2.00. The summed E-state index contributed by atoms with van der Waals surface area (Å²) in [5.74, 6) is 2.33. The Balaban J connectivity index is 0.959. The highest BCUT2D eigenvalue weighted by Crippen LogP contribution is 2.37. The van der Waals surface area contributed by atoms with E-state index >= 15 is 0 Å². The predicted molar refractivity (Wildman–Crippen MR) is 305 cm³/mol. The van der Waals surface area contributed by atoms with Crippen LogP contribution in [-0.4, -0.2) is 24.9 Å². The van der Waals surface area contributed by atoms with Crippen LogP contribution in [0.1, 0.15) is 12.5 Å². The van der Waals surface area contributed by atoms with Gasteiger partial charge in [0.2, 0.25) is 0 Å². The van der Waals surface area contributed by atoms with Crippen molar-refractivity contribution in [2.45, 2.75) is 6.92 Å². The molecule has 0 bridgehead atoms. The fraction of sp³-hybridized carbons (Fsp3) is 0.0147. The molecule has 0 fully saturated rings. The quantitative estimate of drug-likeness (QED) is 0.114. The molecule has 6 nitrogen and oxygen atoms in total. The summed E-state index contributed by atoms with van der Waals surface area (Å²) in [4.78, 5) is 26.0. The average Bonchev–Trinajstić information content (AvgIpc) is 3.86. The van der Waals surface area contributed by atoms with E-state index in [0.717, 1.165) is 111 Å². The summed E-state index contributed by atoms with van der Waals surface area (Å²) in [6.45, 7) is 5.98. The van der Waals surface area contributed by atoms with Gasteiger partial charge < -0.3 is 4.42 Å². The van der Waals surface area contributed by atoms with Gasteiger partial charge in [0.1, 0.15) is 11.2 Å². The molecule has 0 aliphatic carbocycles. The number of hydrogen-bond donors (Lipinski definition) is 0. The lowest BCUT2D eigenvalue weighted by atomic mass is 9.94. The van der Waals surface area contributed by atoms with Gasteiger partial charge in [-0.2, -0.15) is 0 Å². The normalized spacial score (nSPS) is 11.7. The van der Waals surface area contributed by atoms with Crippen LogP contribution in [-0.2, 0) is 0 Å². The zero-order valence-corrected chi connectivity index (χ0v) is 40.6. The minimum atomic E-state index is 0.552. The van der Waals surface area contributed by atoms with Gasteiger partial charge in [0.05, 0.1) is 11.4 Å². The fourth-order valence-corrected chi connectivity index (χ4v) is 9.43. The van der Waals surface area contributed by atoms with E-state index in [-0.39, 0.29) is 0 Å². The summed E-state index contributed by atoms with van der Waals surface area (Å²) in [7, 11) is 0. The van der Waals surface area contributed by atoms with E-state index in [1.807, 2.05) is 66.7 Å². The largest absolute Gasteiger partial charge is 0.456 e. The second kappa shape index (κ2) is 20.1. The molecule has 9 aromatic carbocycles. The third-order valence-corrected chi connectivity index (χ3v) is 13.3. The second-order valence-electron chi connectivity index (χ2n) is 18.2. The Labute approximate surface area is 430 Å². The van der Waals surface area contributed by atoms with Crippen LogP contribution in [0.4, 0.5) is 0 Å². The van der Waals surface area contributed by atoms with Gasteiger partial charge in [0, 0.05) is 44.2 Å². The molecule has 74 heavy (non-hydrogen) atoms. The summed E-state index contributed by atoms with van der Waals surface area (Å²) >= 11 is 0. The minimum Gasteiger partial charge on any atom is -0.456 e. The number of benzene rings is 9. The molecule has 0 aliphatic heterocycles. The van der Waals surface area contributed by atoms with E-state index in [0.29, 0.717) is 23.3 Å². The first-order chi connectivity index (χ1) is 36.5. The van der Waals surface area contributed by atoms with E-state index < -0.39 is 0 Å². The third-order valence-electron chi connectivity index (χ3n) is 13.3. The molecule has 350 valence electrons. The summed E-state index contributed by atoms with van der Waals surface area (Å²) < 4.78 is 6.34. The highest BCUT2D eigenvalue weighted by molar-refractivity contribution is 6.05. The maximum Gasteiger partial charge on any atom is 0.164 e. The first-order valence-corrected chi connectivity index (χ1v) is 24.7. The third kappa shape index (κ3) is 9.39. The van der Waals surface area contributed by atoms with Crippen molar-refractivity contribution in [3.05, 3.63) is 267 Å². The Morgan fingerprint density at radius 3 is 1.42 bits per heavy atom. The summed E-state index contributed by atoms with van der Waals surface area (Å²) in [5, 5.41) is 2.11. The number of fused-ring (bicyclic) bond motifs is 3. The van der Waals surface area contributed by atoms with Crippen molar-refractivity contribution in [3.63, 3.8) is 0 Å². The van der Waals surface area contributed by atoms with E-state index in [1.54, 1.807) is 6.08 Å². The van der Waals surface area contributed by atoms with Crippen LogP contribution >= 0.6 is 0 Å². The van der Waals surface area contributed by atoms with Crippen LogP contribution in [0.2, 0.25) is 0 Å². The lowest BCUT2D eigenvalue weighted by molar-refractivity contribution is 0.669. The van der Waals surface area contributed by atoms with Crippen molar-refractivity contribution in [2.24, 2.45) is 0 Å². The molecule has 0 unspecified atom stereocenters. The summed E-state index contributed by atoms with van der Waals surface area (Å²) in [5.41, 5.74) is 17.4. The second-order valence-corrected chi connectivity index (χ2v) is 18.2. The minimum absolute atomic E-state index is 0.552. The number of furan rings is 1. The van der Waals surface area contributed by atoms with E-state index in [2.05, 4.69) is 196 Å². The Morgan fingerprint density at radius 1 is 0.338 bits per heavy atom. The van der Waals surface area contributed by atoms with Crippen LogP contribution in [0, 0.1) is 0 Å². The van der Waals surface area contributed by atoms with Gasteiger partial charge in [-0.25, -0.2) is 24.9 Å². The number of para-hydroxylation sites is 1. The maximum absolute atomic E-state index is 6.34. The highest BCUT2D eigenvalue weighted by Gasteiger charge is 2.18. The zero-order valence-electron chi connectivity index (χ0n) is 40.6. The SMILES string of the molecule is C=C/C=C\C=C(/C)c1cc(-c2ccccc2)cc(-c2cc(-c3cccc(-c4cccc(-c5nc(-c6cccc(-c7ccccc7)c6)nc(-c6ccc7c(c6)oc6ccccc67)n5)c4)c3)nc(-c3ccccc3)n2)c1. The molecule has 0 spiro atoms. The predicted octanol–water partition coefficient (Wildman–Crippen LogP) is 17.7. The van der Waals surface area contributed by atoms with Gasteiger partial charge in [-0.3, -0.25) is 0 Å². The number of allylic oxidation sites excluding steroid dienone is 5. The Bertz CT molecular complexity index is 4100. The molecule has 0 atom stereocenters. The number of rotatable bonds is 12. The molecular weight excluding hydrogens is 903 g/mol. The fourth-order valence-electron chi connectivity index (χ4n) is 9.43. The van der Waals surface area contributed by atoms with Crippen molar-refractivity contribution in [2.75, 3.05) is 0 Å². The topological polar surface area (TPSA) is 77.6 Å². The van der Waals surface area contributed by atoms with Crippen molar-refractivity contribution in [3.8, 4) is 101 Å². The van der Waals surface area contributed by atoms with E-state index in [4.69, 9.17) is 29.3 Å². The van der Waals surface area contributed by atoms with Crippen LogP contribution in [0.5, 0.6) is 0 Å². The molecule has 0 aliphatic rings. The Morgan fingerprint density at radius 2 is 0.784 bits per heavy atom. The van der Waals surface area contributed by atoms with Crippen molar-refractivity contribution < 1.29 is 4.42 Å². The van der Waals surface area contributed by atoms with E-state index in [1.165, 1.54) is 0 Å². The van der Waals surface area contributed by atoms with Crippen LogP contribution in [0.15, 0.2) is 266 Å². The highest BCUT2D eigenvalue weighted by atomic mass is 16.3. The number of hydrogen-bond acceptors (Lipinski definition) is 6. The van der Waals surface area contributed by atoms with Crippen molar-refractivity contribution in [1.29, 1.82) is 0 Å². The molecule has 3 heterocycles. The monoisotopic (exact) mass is 949 g/mol. The Hall–Kier alpha value is -9.91. The van der Waals surface area contributed by atoms with Crippen LogP contribution < -0.4 is 0 Å². The van der Waals surface area contributed by atoms with Gasteiger partial charge in [-0.15, -0.1) is 0 Å². The molecule has 0 radical (unpaired) electrons. The number of aromatic nitrogens is 5. The van der Waals surface area contributed by atoms with Crippen LogP contribution in [0.25, 0.3) is 129 Å². The van der Waals surface area contributed by atoms with Crippen LogP contribution in [0.3, 0.4) is 0 Å². The van der Waals surface area contributed by atoms with E-state index in [9.17, 15) is 0 Å². The molecule has 0 N–H and O–H groups in total. The van der Waals surface area contributed by atoms with Gasteiger partial charge in [-0.05, 0) is 112 Å². The molecule has 12 rings (SSSR count). The molecule has 0 amide bonds. The Kier molecular flexibility index (Phi) is 12.3. The lowest BCUT2D eigenvalue weighted by Gasteiger charge is -2.14. The van der Waals surface area contributed by atoms with Crippen molar-refractivity contribution >= 4 is 27.5 Å². The van der Waals surface area contributed by atoms with Crippen molar-refractivity contribution in [1.82, 2.24) is 24.9 Å². The smallest absolute Gasteiger partial charge is 0.164 e. The van der Waals surface area contributed by atoms with Gasteiger partial charge in [0.15, 0.2) is 23.3 Å². The molecule has 12 aromatic rings. The summed E-state index contributed by atoms with van der Waals surface area (Å²) in [6, 6.07) is 79.4. The van der Waals surface area contributed by atoms with Gasteiger partial charge >= 0.3 is 0 Å². The maximum atomic E-state index is 6.34.